The molecule has 0 aliphatic heterocycles. The van der Waals surface area contributed by atoms with Crippen LogP contribution in [0, 0.1) is 0 Å². The Morgan fingerprint density at radius 1 is 1.03 bits per heavy atom. The number of aromatic nitrogens is 2. The topological polar surface area (TPSA) is 104 Å². The summed E-state index contributed by atoms with van der Waals surface area (Å²) in [4.78, 5) is 43.0. The molecule has 7 nitrogen and oxygen atoms in total. The van der Waals surface area contributed by atoms with E-state index in [0.29, 0.717) is 23.1 Å². The lowest BCUT2D eigenvalue weighted by Gasteiger charge is -2.07. The Hall–Kier alpha value is -2.91. The maximum absolute atomic E-state index is 12.2. The molecule has 0 atom stereocenters. The Morgan fingerprint density at radius 3 is 2.50 bits per heavy atom. The van der Waals surface area contributed by atoms with Crippen molar-refractivity contribution < 1.29 is 9.59 Å². The van der Waals surface area contributed by atoms with Gasteiger partial charge in [0.05, 0.1) is 17.9 Å². The first-order valence-electron chi connectivity index (χ1n) is 9.07. The monoisotopic (exact) mass is 486 g/mol. The van der Waals surface area contributed by atoms with Gasteiger partial charge in [0.1, 0.15) is 0 Å². The predicted molar refractivity (Wildman–Crippen MR) is 120 cm³/mol. The van der Waals surface area contributed by atoms with Crippen LogP contribution in [0.25, 0.3) is 0 Å². The summed E-state index contributed by atoms with van der Waals surface area (Å²) in [5.41, 5.74) is 1.64. The molecule has 0 aliphatic rings. The third kappa shape index (κ3) is 7.16. The van der Waals surface area contributed by atoms with E-state index in [-0.39, 0.29) is 29.5 Å². The second-order valence-corrected chi connectivity index (χ2v) is 8.20. The Morgan fingerprint density at radius 2 is 1.77 bits per heavy atom. The Kier molecular flexibility index (Phi) is 7.81. The second-order valence-electron chi connectivity index (χ2n) is 6.32. The molecular weight excluding hydrogens is 468 g/mol. The van der Waals surface area contributed by atoms with Crippen LogP contribution in [0.3, 0.4) is 0 Å². The highest BCUT2D eigenvalue weighted by molar-refractivity contribution is 9.10. The molecule has 30 heavy (non-hydrogen) atoms. The minimum absolute atomic E-state index is 0.0184. The largest absolute Gasteiger partial charge is 0.352 e. The van der Waals surface area contributed by atoms with Gasteiger partial charge in [-0.1, -0.05) is 58.0 Å². The molecule has 0 fully saturated rings. The van der Waals surface area contributed by atoms with E-state index in [0.717, 1.165) is 21.8 Å². The number of carbonyl (C=O) groups excluding carboxylic acids is 2. The van der Waals surface area contributed by atoms with E-state index in [9.17, 15) is 14.4 Å². The lowest BCUT2D eigenvalue weighted by atomic mass is 10.2. The summed E-state index contributed by atoms with van der Waals surface area (Å²) in [7, 11) is 0. The Labute approximate surface area is 185 Å². The first-order valence-corrected chi connectivity index (χ1v) is 10.8. The molecule has 0 aliphatic carbocycles. The van der Waals surface area contributed by atoms with Crippen LogP contribution in [-0.2, 0) is 22.6 Å². The molecule has 0 saturated heterocycles. The Bertz CT molecular complexity index is 1070. The van der Waals surface area contributed by atoms with Crippen molar-refractivity contribution in [1.82, 2.24) is 15.3 Å². The van der Waals surface area contributed by atoms with Gasteiger partial charge in [-0.3, -0.25) is 14.4 Å². The van der Waals surface area contributed by atoms with Gasteiger partial charge in [-0.25, -0.2) is 4.98 Å². The number of benzene rings is 2. The summed E-state index contributed by atoms with van der Waals surface area (Å²) >= 11 is 4.43. The number of rotatable bonds is 8. The van der Waals surface area contributed by atoms with Crippen LogP contribution in [0.1, 0.15) is 11.3 Å². The quantitative estimate of drug-likeness (QED) is 0.335. The van der Waals surface area contributed by atoms with Crippen molar-refractivity contribution in [1.29, 1.82) is 0 Å². The molecule has 154 valence electrons. The molecule has 0 radical (unpaired) electrons. The highest BCUT2D eigenvalue weighted by atomic mass is 79.9. The number of thioether (sulfide) groups is 1. The normalized spacial score (nSPS) is 10.4. The minimum Gasteiger partial charge on any atom is -0.352 e. The maximum atomic E-state index is 12.2. The second kappa shape index (κ2) is 10.7. The molecule has 0 unspecified atom stereocenters. The molecule has 1 aromatic heterocycles. The third-order valence-corrected chi connectivity index (χ3v) is 5.32. The molecule has 3 rings (SSSR count). The van der Waals surface area contributed by atoms with Gasteiger partial charge in [0.2, 0.25) is 11.8 Å². The number of H-pyrrole nitrogens is 1. The van der Waals surface area contributed by atoms with E-state index in [1.165, 1.54) is 6.07 Å². The number of nitrogens with zero attached hydrogens (tertiary/aromatic N) is 1. The van der Waals surface area contributed by atoms with Crippen molar-refractivity contribution in [3.05, 3.63) is 86.7 Å². The number of anilines is 1. The average Bonchev–Trinajstić information content (AvgIpc) is 2.73. The number of carbonyl (C=O) groups is 2. The SMILES string of the molecule is O=C(Cc1cc(=O)[nH]c(SCC(=O)Nc2ccc(Br)cc2)n1)NCc1ccccc1. The molecule has 9 heteroatoms. The summed E-state index contributed by atoms with van der Waals surface area (Å²) in [5.74, 6) is -0.389. The highest BCUT2D eigenvalue weighted by Crippen LogP contribution is 2.16. The van der Waals surface area contributed by atoms with Crippen molar-refractivity contribution in [3.63, 3.8) is 0 Å². The molecule has 3 aromatic rings. The number of hydrogen-bond donors (Lipinski definition) is 3. The van der Waals surface area contributed by atoms with E-state index in [4.69, 9.17) is 0 Å². The summed E-state index contributed by atoms with van der Waals surface area (Å²) in [6.07, 6.45) is -0.0184. The number of halogens is 1. The standard InChI is InChI=1S/C21H19BrN4O3S/c22-15-6-8-16(9-7-15)24-20(29)13-30-21-25-17(11-19(28)26-21)10-18(27)23-12-14-4-2-1-3-5-14/h1-9,11H,10,12-13H2,(H,23,27)(H,24,29)(H,25,26,28). The lowest BCUT2D eigenvalue weighted by Crippen LogP contribution is -2.26. The van der Waals surface area contributed by atoms with Crippen molar-refractivity contribution in [2.75, 3.05) is 11.1 Å². The fourth-order valence-electron chi connectivity index (χ4n) is 2.53. The van der Waals surface area contributed by atoms with Crippen LogP contribution < -0.4 is 16.2 Å². The number of nitrogens with one attached hydrogen (secondary N) is 3. The molecular formula is C21H19BrN4O3S. The fourth-order valence-corrected chi connectivity index (χ4v) is 3.49. The van der Waals surface area contributed by atoms with Gasteiger partial charge in [-0.2, -0.15) is 0 Å². The van der Waals surface area contributed by atoms with Crippen molar-refractivity contribution in [3.8, 4) is 0 Å². The Balaban J connectivity index is 1.52. The molecule has 2 aromatic carbocycles. The van der Waals surface area contributed by atoms with E-state index in [1.807, 2.05) is 42.5 Å². The van der Waals surface area contributed by atoms with Gasteiger partial charge in [-0.05, 0) is 29.8 Å². The smallest absolute Gasteiger partial charge is 0.251 e. The molecule has 0 saturated carbocycles. The van der Waals surface area contributed by atoms with E-state index in [1.54, 1.807) is 12.1 Å². The zero-order valence-electron chi connectivity index (χ0n) is 15.9. The first kappa shape index (κ1) is 21.8. The van der Waals surface area contributed by atoms with Crippen LogP contribution in [0.5, 0.6) is 0 Å². The number of aromatic amines is 1. The van der Waals surface area contributed by atoms with Gasteiger partial charge in [0.15, 0.2) is 5.16 Å². The molecule has 0 bridgehead atoms. The van der Waals surface area contributed by atoms with Crippen LogP contribution in [0.2, 0.25) is 0 Å². The number of hydrogen-bond acceptors (Lipinski definition) is 5. The zero-order valence-corrected chi connectivity index (χ0v) is 18.3. The average molecular weight is 487 g/mol. The van der Waals surface area contributed by atoms with E-state index in [2.05, 4.69) is 36.5 Å². The zero-order chi connectivity index (χ0) is 21.3. The predicted octanol–water partition coefficient (Wildman–Crippen LogP) is 3.12. The van der Waals surface area contributed by atoms with Gasteiger partial charge in [0.25, 0.3) is 5.56 Å². The van der Waals surface area contributed by atoms with Crippen LogP contribution in [0.4, 0.5) is 5.69 Å². The van der Waals surface area contributed by atoms with Gasteiger partial charge >= 0.3 is 0 Å². The number of amides is 2. The summed E-state index contributed by atoms with van der Waals surface area (Å²) < 4.78 is 0.918. The highest BCUT2D eigenvalue weighted by Gasteiger charge is 2.10. The van der Waals surface area contributed by atoms with Crippen molar-refractivity contribution in [2.24, 2.45) is 0 Å². The third-order valence-electron chi connectivity index (χ3n) is 3.92. The van der Waals surface area contributed by atoms with Crippen LogP contribution >= 0.6 is 27.7 Å². The molecule has 2 amide bonds. The maximum Gasteiger partial charge on any atom is 0.251 e. The molecule has 1 heterocycles. The summed E-state index contributed by atoms with van der Waals surface area (Å²) in [6, 6.07) is 18.0. The first-order chi connectivity index (χ1) is 14.5. The lowest BCUT2D eigenvalue weighted by molar-refractivity contribution is -0.120. The summed E-state index contributed by atoms with van der Waals surface area (Å²) in [6.45, 7) is 0.403. The minimum atomic E-state index is -0.369. The van der Waals surface area contributed by atoms with Gasteiger partial charge in [-0.15, -0.1) is 0 Å². The fraction of sp³-hybridized carbons (Fsp3) is 0.143. The van der Waals surface area contributed by atoms with E-state index < -0.39 is 0 Å². The summed E-state index contributed by atoms with van der Waals surface area (Å²) in [5, 5.41) is 5.86. The van der Waals surface area contributed by atoms with Crippen LogP contribution in [0.15, 0.2) is 75.1 Å². The van der Waals surface area contributed by atoms with Gasteiger partial charge in [0, 0.05) is 22.8 Å². The van der Waals surface area contributed by atoms with E-state index >= 15 is 0 Å². The van der Waals surface area contributed by atoms with Crippen LogP contribution in [-0.4, -0.2) is 27.5 Å². The molecule has 0 spiro atoms. The van der Waals surface area contributed by atoms with Gasteiger partial charge < -0.3 is 15.6 Å². The van der Waals surface area contributed by atoms with Crippen molar-refractivity contribution in [2.45, 2.75) is 18.1 Å². The molecule has 3 N–H and O–H groups in total. The van der Waals surface area contributed by atoms with Crippen molar-refractivity contribution >= 4 is 45.2 Å².